The number of anilines is 1. The molecule has 3 aliphatic rings. The Kier molecular flexibility index (Phi) is 5.96. The summed E-state index contributed by atoms with van der Waals surface area (Å²) >= 11 is 0. The fraction of sp³-hybridized carbons (Fsp3) is 0.600. The molecule has 3 fully saturated rings. The van der Waals surface area contributed by atoms with Crippen molar-refractivity contribution in [3.05, 3.63) is 23.7 Å². The van der Waals surface area contributed by atoms with Crippen molar-refractivity contribution in [1.29, 1.82) is 0 Å². The quantitative estimate of drug-likeness (QED) is 0.666. The molecule has 0 aromatic carbocycles. The molecule has 2 bridgehead atoms. The van der Waals surface area contributed by atoms with Crippen LogP contribution in [-0.2, 0) is 9.53 Å². The lowest BCUT2D eigenvalue weighted by atomic mass is 9.73. The summed E-state index contributed by atoms with van der Waals surface area (Å²) < 4.78 is 16.3. The highest BCUT2D eigenvalue weighted by atomic mass is 16.6. The summed E-state index contributed by atoms with van der Waals surface area (Å²) in [6, 6.07) is 1.74. The monoisotopic (exact) mass is 446 g/mol. The number of fused-ring (bicyclic) bond motifs is 1. The van der Waals surface area contributed by atoms with Gasteiger partial charge in [-0.25, -0.2) is 9.61 Å². The largest absolute Gasteiger partial charge is 0.481 e. The lowest BCUT2D eigenvalue weighted by Gasteiger charge is -2.29. The van der Waals surface area contributed by atoms with Gasteiger partial charge in [-0.3, -0.25) is 9.59 Å². The molecule has 12 heteroatoms. The van der Waals surface area contributed by atoms with Crippen molar-refractivity contribution < 1.29 is 28.8 Å². The Morgan fingerprint density at radius 2 is 2.19 bits per heavy atom. The maximum Gasteiger partial charge on any atom is 0.300 e. The van der Waals surface area contributed by atoms with Crippen molar-refractivity contribution in [2.45, 2.75) is 38.4 Å². The number of carboxylic acids is 1. The van der Waals surface area contributed by atoms with Gasteiger partial charge in [0.15, 0.2) is 5.69 Å². The number of aliphatic carboxylic acids is 1. The number of carbonyl (C=O) groups is 2. The summed E-state index contributed by atoms with van der Waals surface area (Å²) in [6.45, 7) is 4.88. The van der Waals surface area contributed by atoms with E-state index in [0.717, 1.165) is 32.9 Å². The highest BCUT2D eigenvalue weighted by molar-refractivity contribution is 5.92. The number of aromatic nitrogens is 4. The Morgan fingerprint density at radius 3 is 2.88 bits per heavy atom. The highest BCUT2D eigenvalue weighted by Gasteiger charge is 2.63. The SMILES string of the molecule is CC(=O)O.COc1ccnc(N2C[C@@H]3[C@H](CNC(=O)c4nonc4C)[C@H]4CC[C@]3(C2)O4)n1. The topological polar surface area (TPSA) is 153 Å². The predicted octanol–water partition coefficient (Wildman–Crippen LogP) is 0.681. The van der Waals surface area contributed by atoms with E-state index < -0.39 is 5.97 Å². The molecule has 0 unspecified atom stereocenters. The van der Waals surface area contributed by atoms with Crippen LogP contribution in [-0.4, -0.2) is 75.7 Å². The molecule has 5 heterocycles. The Hall–Kier alpha value is -3.28. The van der Waals surface area contributed by atoms with Crippen LogP contribution in [0.1, 0.15) is 35.9 Å². The van der Waals surface area contributed by atoms with E-state index >= 15 is 0 Å². The first-order valence-corrected chi connectivity index (χ1v) is 10.4. The third-order valence-corrected chi connectivity index (χ3v) is 6.26. The second kappa shape index (κ2) is 8.69. The Labute approximate surface area is 184 Å². The van der Waals surface area contributed by atoms with Gasteiger partial charge in [0.1, 0.15) is 5.69 Å². The van der Waals surface area contributed by atoms with E-state index in [4.69, 9.17) is 19.4 Å². The van der Waals surface area contributed by atoms with Crippen LogP contribution in [0.25, 0.3) is 0 Å². The summed E-state index contributed by atoms with van der Waals surface area (Å²) in [7, 11) is 1.60. The molecule has 2 N–H and O–H groups in total. The van der Waals surface area contributed by atoms with Gasteiger partial charge < -0.3 is 24.8 Å². The summed E-state index contributed by atoms with van der Waals surface area (Å²) in [5.74, 6) is 0.667. The van der Waals surface area contributed by atoms with Crippen molar-refractivity contribution in [3.63, 3.8) is 0 Å². The molecule has 2 aromatic rings. The number of carboxylic acid groups (broad SMARTS) is 1. The molecular formula is C20H26N6O6. The normalized spacial score (nSPS) is 27.5. The van der Waals surface area contributed by atoms with Crippen LogP contribution in [0.3, 0.4) is 0 Å². The number of ether oxygens (including phenoxy) is 2. The first-order chi connectivity index (χ1) is 15.3. The summed E-state index contributed by atoms with van der Waals surface area (Å²) in [6.07, 6.45) is 3.92. The number of hydrogen-bond acceptors (Lipinski definition) is 10. The maximum atomic E-state index is 12.4. The summed E-state index contributed by atoms with van der Waals surface area (Å²) in [4.78, 5) is 32.4. The zero-order valence-electron chi connectivity index (χ0n) is 18.1. The molecular weight excluding hydrogens is 420 g/mol. The van der Waals surface area contributed by atoms with E-state index in [0.29, 0.717) is 30.0 Å². The molecule has 172 valence electrons. The Morgan fingerprint density at radius 1 is 1.41 bits per heavy atom. The number of methoxy groups -OCH3 is 1. The van der Waals surface area contributed by atoms with Crippen molar-refractivity contribution >= 4 is 17.8 Å². The van der Waals surface area contributed by atoms with Gasteiger partial charge in [-0.05, 0) is 24.9 Å². The van der Waals surface area contributed by atoms with Gasteiger partial charge >= 0.3 is 0 Å². The second-order valence-corrected chi connectivity index (χ2v) is 8.24. The van der Waals surface area contributed by atoms with Crippen molar-refractivity contribution in [1.82, 2.24) is 25.6 Å². The predicted molar refractivity (Wildman–Crippen MR) is 109 cm³/mol. The zero-order valence-corrected chi connectivity index (χ0v) is 18.1. The molecule has 3 saturated heterocycles. The minimum absolute atomic E-state index is 0.176. The average Bonchev–Trinajstić information content (AvgIpc) is 3.52. The van der Waals surface area contributed by atoms with Crippen molar-refractivity contribution in [2.75, 3.05) is 31.6 Å². The average molecular weight is 446 g/mol. The minimum Gasteiger partial charge on any atom is -0.481 e. The summed E-state index contributed by atoms with van der Waals surface area (Å²) in [5.41, 5.74) is 0.537. The van der Waals surface area contributed by atoms with Crippen molar-refractivity contribution in [3.8, 4) is 5.88 Å². The van der Waals surface area contributed by atoms with Gasteiger partial charge in [-0.1, -0.05) is 5.16 Å². The third kappa shape index (κ3) is 4.09. The van der Waals surface area contributed by atoms with E-state index in [2.05, 4.69) is 35.1 Å². The van der Waals surface area contributed by atoms with Gasteiger partial charge in [-0.15, -0.1) is 0 Å². The first kappa shape index (κ1) is 21.9. The van der Waals surface area contributed by atoms with Crippen LogP contribution >= 0.6 is 0 Å². The van der Waals surface area contributed by atoms with Crippen LogP contribution in [0, 0.1) is 18.8 Å². The lowest BCUT2D eigenvalue weighted by molar-refractivity contribution is -0.134. The van der Waals surface area contributed by atoms with E-state index in [-0.39, 0.29) is 29.2 Å². The van der Waals surface area contributed by atoms with Crippen LogP contribution in [0.4, 0.5) is 5.95 Å². The van der Waals surface area contributed by atoms with Crippen LogP contribution in [0.5, 0.6) is 5.88 Å². The standard InChI is InChI=1S/C18H22N6O4.C2H4O2/c1-10-15(23-28-22-10)16(25)20-7-11-12-8-24(9-18(12)5-3-13(11)27-18)17-19-6-4-14(21-17)26-2;1-2(3)4/h4,6,11-13H,3,5,7-9H2,1-2H3,(H,20,25);1H3,(H,3,4)/t11-,12+,13+,18+;/m0./s1. The number of hydrogen-bond donors (Lipinski definition) is 2. The van der Waals surface area contributed by atoms with Crippen molar-refractivity contribution in [2.24, 2.45) is 11.8 Å². The van der Waals surface area contributed by atoms with Gasteiger partial charge in [-0.2, -0.15) is 4.98 Å². The molecule has 1 amide bonds. The first-order valence-electron chi connectivity index (χ1n) is 10.4. The number of carbonyl (C=O) groups excluding carboxylic acids is 1. The Bertz CT molecular complexity index is 994. The van der Waals surface area contributed by atoms with Gasteiger partial charge in [0.05, 0.1) is 25.4 Å². The van der Waals surface area contributed by atoms with Gasteiger partial charge in [0.2, 0.25) is 11.8 Å². The van der Waals surface area contributed by atoms with E-state index in [1.807, 2.05) is 0 Å². The lowest BCUT2D eigenvalue weighted by Crippen LogP contribution is -2.42. The van der Waals surface area contributed by atoms with Gasteiger partial charge in [0, 0.05) is 44.1 Å². The van der Waals surface area contributed by atoms with Crippen LogP contribution < -0.4 is 15.0 Å². The molecule has 32 heavy (non-hydrogen) atoms. The van der Waals surface area contributed by atoms with Crippen LogP contribution in [0.2, 0.25) is 0 Å². The number of nitrogens with zero attached hydrogens (tertiary/aromatic N) is 5. The molecule has 1 spiro atoms. The second-order valence-electron chi connectivity index (χ2n) is 8.24. The number of nitrogens with one attached hydrogen (secondary N) is 1. The number of amides is 1. The molecule has 12 nitrogen and oxygen atoms in total. The van der Waals surface area contributed by atoms with Gasteiger partial charge in [0.25, 0.3) is 11.9 Å². The fourth-order valence-electron chi connectivity index (χ4n) is 4.95. The smallest absolute Gasteiger partial charge is 0.300 e. The van der Waals surface area contributed by atoms with E-state index in [1.165, 1.54) is 0 Å². The fourth-order valence-corrected chi connectivity index (χ4v) is 4.95. The molecule has 3 aliphatic heterocycles. The number of aryl methyl sites for hydroxylation is 1. The highest BCUT2D eigenvalue weighted by Crippen LogP contribution is 2.55. The van der Waals surface area contributed by atoms with E-state index in [9.17, 15) is 4.79 Å². The maximum absolute atomic E-state index is 12.4. The molecule has 0 aliphatic carbocycles. The number of rotatable bonds is 5. The molecule has 4 atom stereocenters. The molecule has 0 radical (unpaired) electrons. The third-order valence-electron chi connectivity index (χ3n) is 6.26. The zero-order chi connectivity index (χ0) is 22.9. The molecule has 0 saturated carbocycles. The molecule has 5 rings (SSSR count). The minimum atomic E-state index is -0.833. The van der Waals surface area contributed by atoms with E-state index in [1.54, 1.807) is 26.3 Å². The summed E-state index contributed by atoms with van der Waals surface area (Å²) in [5, 5.41) is 17.7. The Balaban J connectivity index is 0.000000567. The van der Waals surface area contributed by atoms with Crippen LogP contribution in [0.15, 0.2) is 16.9 Å². The molecule has 2 aromatic heterocycles.